The van der Waals surface area contributed by atoms with Crippen molar-refractivity contribution in [2.75, 3.05) is 7.11 Å². The number of hydrogen-bond donors (Lipinski definition) is 0. The summed E-state index contributed by atoms with van der Waals surface area (Å²) in [5.74, 6) is 0.876. The number of aryl methyl sites for hydroxylation is 2. The second-order valence-electron chi connectivity index (χ2n) is 5.18. The summed E-state index contributed by atoms with van der Waals surface area (Å²) in [7, 11) is 1.70. The molecule has 0 fully saturated rings. The summed E-state index contributed by atoms with van der Waals surface area (Å²) in [6.45, 7) is 0. The minimum absolute atomic E-state index is 0.876. The Labute approximate surface area is 128 Å². The third-order valence-corrected chi connectivity index (χ3v) is 5.09. The molecule has 1 aliphatic carbocycles. The van der Waals surface area contributed by atoms with Crippen LogP contribution in [0.3, 0.4) is 0 Å². The molecule has 1 heterocycles. The van der Waals surface area contributed by atoms with Gasteiger partial charge in [0.1, 0.15) is 10.8 Å². The fraction of sp³-hybridized carbons (Fsp3) is 0.167. The van der Waals surface area contributed by atoms with Gasteiger partial charge < -0.3 is 4.74 Å². The van der Waals surface area contributed by atoms with Gasteiger partial charge in [-0.1, -0.05) is 36.4 Å². The Bertz CT molecular complexity index is 806. The van der Waals surface area contributed by atoms with Crippen LogP contribution in [0.2, 0.25) is 0 Å². The van der Waals surface area contributed by atoms with Crippen LogP contribution in [0.4, 0.5) is 0 Å². The van der Waals surface area contributed by atoms with Gasteiger partial charge in [-0.15, -0.1) is 11.3 Å². The minimum atomic E-state index is 0.876. The number of ether oxygens (including phenoxy) is 1. The van der Waals surface area contributed by atoms with Gasteiger partial charge in [0.2, 0.25) is 0 Å². The number of methoxy groups -OCH3 is 1. The molecule has 0 N–H and O–H groups in total. The molecule has 1 aliphatic rings. The van der Waals surface area contributed by atoms with E-state index in [1.54, 1.807) is 18.4 Å². The zero-order valence-corrected chi connectivity index (χ0v) is 12.6. The smallest absolute Gasteiger partial charge is 0.124 e. The van der Waals surface area contributed by atoms with Crippen LogP contribution in [0.5, 0.6) is 5.75 Å². The molecule has 0 spiro atoms. The Morgan fingerprint density at radius 2 is 1.95 bits per heavy atom. The monoisotopic (exact) mass is 293 g/mol. The number of hydrogen-bond acceptors (Lipinski definition) is 3. The average molecular weight is 293 g/mol. The predicted octanol–water partition coefficient (Wildman–Crippen LogP) is 4.58. The van der Waals surface area contributed by atoms with Crippen molar-refractivity contribution in [2.45, 2.75) is 12.8 Å². The van der Waals surface area contributed by atoms with E-state index in [1.807, 2.05) is 12.1 Å². The lowest BCUT2D eigenvalue weighted by Crippen LogP contribution is -2.01. The number of rotatable bonds is 2. The van der Waals surface area contributed by atoms with E-state index in [0.717, 1.165) is 29.2 Å². The first-order valence-electron chi connectivity index (χ1n) is 7.07. The summed E-state index contributed by atoms with van der Waals surface area (Å²) in [6, 6.07) is 16.8. The Balaban J connectivity index is 1.83. The number of aromatic nitrogens is 1. The third-order valence-electron chi connectivity index (χ3n) is 3.91. The SMILES string of the molecule is COc1cccc(-c2nc3c(s2)-c2ccccc2CC3)c1. The van der Waals surface area contributed by atoms with Crippen molar-refractivity contribution in [3.8, 4) is 26.8 Å². The minimum Gasteiger partial charge on any atom is -0.497 e. The van der Waals surface area contributed by atoms with Crippen molar-refractivity contribution < 1.29 is 4.74 Å². The summed E-state index contributed by atoms with van der Waals surface area (Å²) in [5, 5.41) is 1.08. The van der Waals surface area contributed by atoms with E-state index in [0.29, 0.717) is 0 Å². The van der Waals surface area contributed by atoms with Crippen LogP contribution in [0, 0.1) is 0 Å². The van der Waals surface area contributed by atoms with Crippen molar-refractivity contribution in [1.29, 1.82) is 0 Å². The standard InChI is InChI=1S/C18H15NOS/c1-20-14-7-4-6-13(11-14)18-19-16-10-9-12-5-2-3-8-15(12)17(16)21-18/h2-8,11H,9-10H2,1H3. The van der Waals surface area contributed by atoms with Gasteiger partial charge in [0.15, 0.2) is 0 Å². The summed E-state index contributed by atoms with van der Waals surface area (Å²) in [6.07, 6.45) is 2.12. The van der Waals surface area contributed by atoms with Crippen molar-refractivity contribution >= 4 is 11.3 Å². The molecule has 0 bridgehead atoms. The molecular weight excluding hydrogens is 278 g/mol. The van der Waals surface area contributed by atoms with Crippen LogP contribution in [0.25, 0.3) is 21.0 Å². The average Bonchev–Trinajstić information content (AvgIpc) is 2.99. The predicted molar refractivity (Wildman–Crippen MR) is 86.9 cm³/mol. The molecule has 3 heteroatoms. The fourth-order valence-electron chi connectivity index (χ4n) is 2.82. The molecule has 0 amide bonds. The first-order valence-corrected chi connectivity index (χ1v) is 7.89. The van der Waals surface area contributed by atoms with Crippen molar-refractivity contribution in [3.63, 3.8) is 0 Å². The van der Waals surface area contributed by atoms with Crippen LogP contribution < -0.4 is 4.74 Å². The number of benzene rings is 2. The zero-order chi connectivity index (χ0) is 14.2. The van der Waals surface area contributed by atoms with E-state index < -0.39 is 0 Å². The van der Waals surface area contributed by atoms with Gasteiger partial charge in [0.05, 0.1) is 17.7 Å². The molecule has 104 valence electrons. The second kappa shape index (κ2) is 5.01. The number of fused-ring (bicyclic) bond motifs is 3. The topological polar surface area (TPSA) is 22.1 Å². The van der Waals surface area contributed by atoms with Crippen molar-refractivity contribution in [3.05, 3.63) is 59.8 Å². The van der Waals surface area contributed by atoms with Gasteiger partial charge in [-0.3, -0.25) is 0 Å². The molecule has 0 radical (unpaired) electrons. The molecule has 0 saturated carbocycles. The summed E-state index contributed by atoms with van der Waals surface area (Å²) in [5.41, 5.74) is 5.15. The van der Waals surface area contributed by atoms with E-state index >= 15 is 0 Å². The molecule has 1 aromatic heterocycles. The molecule has 3 aromatic rings. The Kier molecular flexibility index (Phi) is 3.00. The van der Waals surface area contributed by atoms with E-state index in [2.05, 4.69) is 36.4 Å². The highest BCUT2D eigenvalue weighted by atomic mass is 32.1. The molecule has 0 aliphatic heterocycles. The normalized spacial score (nSPS) is 12.6. The lowest BCUT2D eigenvalue weighted by molar-refractivity contribution is 0.415. The van der Waals surface area contributed by atoms with Gasteiger partial charge in [0, 0.05) is 5.56 Å². The highest BCUT2D eigenvalue weighted by Crippen LogP contribution is 2.41. The maximum absolute atomic E-state index is 5.31. The maximum Gasteiger partial charge on any atom is 0.124 e. The van der Waals surface area contributed by atoms with E-state index in [9.17, 15) is 0 Å². The van der Waals surface area contributed by atoms with E-state index in [-0.39, 0.29) is 0 Å². The Hall–Kier alpha value is -2.13. The highest BCUT2D eigenvalue weighted by Gasteiger charge is 2.20. The Morgan fingerprint density at radius 1 is 1.05 bits per heavy atom. The number of nitrogens with zero attached hydrogens (tertiary/aromatic N) is 1. The van der Waals surface area contributed by atoms with Crippen molar-refractivity contribution in [1.82, 2.24) is 4.98 Å². The lowest BCUT2D eigenvalue weighted by Gasteiger charge is -2.13. The lowest BCUT2D eigenvalue weighted by atomic mass is 9.94. The fourth-order valence-corrected chi connectivity index (χ4v) is 3.99. The summed E-state index contributed by atoms with van der Waals surface area (Å²) < 4.78 is 5.31. The molecule has 0 unspecified atom stereocenters. The van der Waals surface area contributed by atoms with Gasteiger partial charge in [-0.05, 0) is 36.1 Å². The van der Waals surface area contributed by atoms with Crippen molar-refractivity contribution in [2.24, 2.45) is 0 Å². The van der Waals surface area contributed by atoms with Crippen LogP contribution in [-0.4, -0.2) is 12.1 Å². The summed E-state index contributed by atoms with van der Waals surface area (Å²) >= 11 is 1.78. The molecule has 2 aromatic carbocycles. The maximum atomic E-state index is 5.31. The molecule has 0 saturated heterocycles. The first kappa shape index (κ1) is 12.6. The molecule has 2 nitrogen and oxygen atoms in total. The molecule has 0 atom stereocenters. The van der Waals surface area contributed by atoms with Crippen LogP contribution in [0.15, 0.2) is 48.5 Å². The van der Waals surface area contributed by atoms with Gasteiger partial charge in [-0.25, -0.2) is 4.98 Å². The van der Waals surface area contributed by atoms with Crippen LogP contribution in [-0.2, 0) is 12.8 Å². The van der Waals surface area contributed by atoms with Gasteiger partial charge in [0.25, 0.3) is 0 Å². The highest BCUT2D eigenvalue weighted by molar-refractivity contribution is 7.18. The number of thiazole rings is 1. The molecular formula is C18H15NOS. The largest absolute Gasteiger partial charge is 0.497 e. The quantitative estimate of drug-likeness (QED) is 0.689. The van der Waals surface area contributed by atoms with Crippen LogP contribution >= 0.6 is 11.3 Å². The van der Waals surface area contributed by atoms with Crippen LogP contribution in [0.1, 0.15) is 11.3 Å². The van der Waals surface area contributed by atoms with Gasteiger partial charge >= 0.3 is 0 Å². The Morgan fingerprint density at radius 3 is 2.86 bits per heavy atom. The summed E-state index contributed by atoms with van der Waals surface area (Å²) in [4.78, 5) is 6.19. The van der Waals surface area contributed by atoms with Gasteiger partial charge in [-0.2, -0.15) is 0 Å². The van der Waals surface area contributed by atoms with E-state index in [4.69, 9.17) is 9.72 Å². The second-order valence-corrected chi connectivity index (χ2v) is 6.18. The third kappa shape index (κ3) is 2.14. The first-order chi connectivity index (χ1) is 10.3. The molecule has 4 rings (SSSR count). The molecule has 21 heavy (non-hydrogen) atoms. The van der Waals surface area contributed by atoms with E-state index in [1.165, 1.54) is 21.7 Å². The zero-order valence-electron chi connectivity index (χ0n) is 11.8.